The molecular weight excluding hydrogens is 338 g/mol. The molecule has 2 aliphatic rings. The second-order valence-electron chi connectivity index (χ2n) is 6.43. The molecule has 25 heavy (non-hydrogen) atoms. The van der Waals surface area contributed by atoms with E-state index in [0.717, 1.165) is 11.5 Å². The molecule has 134 valence electrons. The number of likely N-dealkylation sites (N-methyl/N-ethyl adjacent to an activating group) is 1. The topological polar surface area (TPSA) is 60.9 Å². The van der Waals surface area contributed by atoms with Gasteiger partial charge in [-0.05, 0) is 5.56 Å². The first-order valence-corrected chi connectivity index (χ1v) is 9.65. The molecule has 0 aromatic heterocycles. The highest BCUT2D eigenvalue weighted by Gasteiger charge is 2.42. The number of carbonyl (C=O) groups excluding carboxylic acids is 3. The van der Waals surface area contributed by atoms with E-state index < -0.39 is 6.04 Å². The van der Waals surface area contributed by atoms with Gasteiger partial charge in [0.15, 0.2) is 0 Å². The predicted octanol–water partition coefficient (Wildman–Crippen LogP) is 0.821. The van der Waals surface area contributed by atoms with Crippen LogP contribution >= 0.6 is 11.8 Å². The molecule has 1 aromatic rings. The van der Waals surface area contributed by atoms with Crippen molar-refractivity contribution in [2.45, 2.75) is 18.2 Å². The molecule has 0 aliphatic carbocycles. The minimum atomic E-state index is -0.513. The molecule has 2 saturated heterocycles. The lowest BCUT2D eigenvalue weighted by Gasteiger charge is -2.45. The van der Waals surface area contributed by atoms with E-state index in [2.05, 4.69) is 12.1 Å². The average molecular weight is 361 g/mol. The lowest BCUT2D eigenvalue weighted by Crippen LogP contribution is -2.66. The van der Waals surface area contributed by atoms with Crippen molar-refractivity contribution in [2.75, 3.05) is 39.0 Å². The average Bonchev–Trinajstić information content (AvgIpc) is 2.63. The van der Waals surface area contributed by atoms with Gasteiger partial charge in [0, 0.05) is 38.1 Å². The quantitative estimate of drug-likeness (QED) is 0.729. The molecule has 0 bridgehead atoms. The largest absolute Gasteiger partial charge is 0.338 e. The van der Waals surface area contributed by atoms with Crippen LogP contribution in [0.25, 0.3) is 0 Å². The standard InChI is InChI=1S/C18H23N3O3S/c1-19-12-17(23)21-9-8-20(11-15(21)18(19)24)16(22)7-10-25-13-14-5-3-2-4-6-14/h2-6,15H,7-13H2,1H3. The van der Waals surface area contributed by atoms with Crippen molar-refractivity contribution in [1.82, 2.24) is 14.7 Å². The van der Waals surface area contributed by atoms with E-state index >= 15 is 0 Å². The second kappa shape index (κ2) is 7.91. The molecular formula is C18H23N3O3S. The number of nitrogens with zero attached hydrogens (tertiary/aromatic N) is 3. The van der Waals surface area contributed by atoms with Gasteiger partial charge in [0.05, 0.1) is 13.1 Å². The van der Waals surface area contributed by atoms with Crippen molar-refractivity contribution >= 4 is 29.5 Å². The first-order chi connectivity index (χ1) is 12.1. The zero-order chi connectivity index (χ0) is 17.8. The van der Waals surface area contributed by atoms with Gasteiger partial charge in [0.1, 0.15) is 6.04 Å². The minimum Gasteiger partial charge on any atom is -0.338 e. The second-order valence-corrected chi connectivity index (χ2v) is 7.53. The maximum atomic E-state index is 12.4. The fraction of sp³-hybridized carbons (Fsp3) is 0.500. The van der Waals surface area contributed by atoms with Gasteiger partial charge in [-0.15, -0.1) is 0 Å². The summed E-state index contributed by atoms with van der Waals surface area (Å²) < 4.78 is 0. The summed E-state index contributed by atoms with van der Waals surface area (Å²) in [4.78, 5) is 41.6. The molecule has 0 N–H and O–H groups in total. The summed E-state index contributed by atoms with van der Waals surface area (Å²) in [6.45, 7) is 1.42. The molecule has 1 aromatic carbocycles. The molecule has 7 heteroatoms. The van der Waals surface area contributed by atoms with E-state index in [1.807, 2.05) is 18.2 Å². The van der Waals surface area contributed by atoms with Crippen molar-refractivity contribution in [3.63, 3.8) is 0 Å². The van der Waals surface area contributed by atoms with Crippen molar-refractivity contribution in [3.05, 3.63) is 35.9 Å². The van der Waals surface area contributed by atoms with Crippen molar-refractivity contribution in [2.24, 2.45) is 0 Å². The van der Waals surface area contributed by atoms with Crippen LogP contribution in [-0.2, 0) is 20.1 Å². The zero-order valence-corrected chi connectivity index (χ0v) is 15.2. The number of piperazine rings is 2. The van der Waals surface area contributed by atoms with Crippen LogP contribution in [0.15, 0.2) is 30.3 Å². The summed E-state index contributed by atoms with van der Waals surface area (Å²) in [5.74, 6) is 1.61. The van der Waals surface area contributed by atoms with E-state index in [9.17, 15) is 14.4 Å². The third-order valence-electron chi connectivity index (χ3n) is 4.66. The minimum absolute atomic E-state index is 0.0300. The molecule has 3 amide bonds. The third kappa shape index (κ3) is 4.15. The Hall–Kier alpha value is -2.02. The van der Waals surface area contributed by atoms with Gasteiger partial charge >= 0.3 is 0 Å². The van der Waals surface area contributed by atoms with Crippen LogP contribution in [0, 0.1) is 0 Å². The number of thioether (sulfide) groups is 1. The van der Waals surface area contributed by atoms with Crippen LogP contribution in [0.4, 0.5) is 0 Å². The van der Waals surface area contributed by atoms with Crippen LogP contribution in [0.1, 0.15) is 12.0 Å². The highest BCUT2D eigenvalue weighted by molar-refractivity contribution is 7.98. The number of hydrogen-bond acceptors (Lipinski definition) is 4. The SMILES string of the molecule is CN1CC(=O)N2CCN(C(=O)CCSCc3ccccc3)CC2C1=O. The van der Waals surface area contributed by atoms with Crippen LogP contribution in [-0.4, -0.2) is 77.4 Å². The Bertz CT molecular complexity index is 652. The summed E-state index contributed by atoms with van der Waals surface area (Å²) in [7, 11) is 1.64. The third-order valence-corrected chi connectivity index (χ3v) is 5.69. The molecule has 1 atom stereocenters. The monoisotopic (exact) mass is 361 g/mol. The number of hydrogen-bond donors (Lipinski definition) is 0. The Morgan fingerprint density at radius 2 is 1.96 bits per heavy atom. The predicted molar refractivity (Wildman–Crippen MR) is 96.9 cm³/mol. The van der Waals surface area contributed by atoms with Crippen LogP contribution < -0.4 is 0 Å². The summed E-state index contributed by atoms with van der Waals surface area (Å²) in [5, 5.41) is 0. The van der Waals surface area contributed by atoms with E-state index in [4.69, 9.17) is 0 Å². The molecule has 2 aliphatic heterocycles. The van der Waals surface area contributed by atoms with Crippen molar-refractivity contribution in [3.8, 4) is 0 Å². The van der Waals surface area contributed by atoms with Crippen LogP contribution in [0.5, 0.6) is 0 Å². The fourth-order valence-corrected chi connectivity index (χ4v) is 4.12. The van der Waals surface area contributed by atoms with Gasteiger partial charge < -0.3 is 14.7 Å². The van der Waals surface area contributed by atoms with E-state index in [1.54, 1.807) is 28.6 Å². The van der Waals surface area contributed by atoms with Crippen molar-refractivity contribution in [1.29, 1.82) is 0 Å². The maximum absolute atomic E-state index is 12.4. The lowest BCUT2D eigenvalue weighted by molar-refractivity contribution is -0.160. The highest BCUT2D eigenvalue weighted by Crippen LogP contribution is 2.19. The summed E-state index contributed by atoms with van der Waals surface area (Å²) in [6, 6.07) is 9.67. The maximum Gasteiger partial charge on any atom is 0.247 e. The number of benzene rings is 1. The Morgan fingerprint density at radius 3 is 2.72 bits per heavy atom. The molecule has 2 fully saturated rings. The van der Waals surface area contributed by atoms with Gasteiger partial charge in [-0.3, -0.25) is 14.4 Å². The van der Waals surface area contributed by atoms with Gasteiger partial charge in [0.25, 0.3) is 0 Å². The molecule has 0 saturated carbocycles. The van der Waals surface area contributed by atoms with E-state index in [1.165, 1.54) is 10.5 Å². The molecule has 2 heterocycles. The van der Waals surface area contributed by atoms with Gasteiger partial charge in [0.2, 0.25) is 17.7 Å². The number of amides is 3. The molecule has 0 spiro atoms. The number of carbonyl (C=O) groups is 3. The van der Waals surface area contributed by atoms with Gasteiger partial charge in [-0.25, -0.2) is 0 Å². The first-order valence-electron chi connectivity index (χ1n) is 8.50. The Morgan fingerprint density at radius 1 is 1.20 bits per heavy atom. The Balaban J connectivity index is 1.47. The van der Waals surface area contributed by atoms with E-state index in [0.29, 0.717) is 26.1 Å². The van der Waals surface area contributed by atoms with Crippen molar-refractivity contribution < 1.29 is 14.4 Å². The Kier molecular flexibility index (Phi) is 5.63. The number of rotatable bonds is 5. The first kappa shape index (κ1) is 17.8. The fourth-order valence-electron chi connectivity index (χ4n) is 3.23. The van der Waals surface area contributed by atoms with Gasteiger partial charge in [-0.2, -0.15) is 11.8 Å². The molecule has 0 radical (unpaired) electrons. The van der Waals surface area contributed by atoms with Gasteiger partial charge in [-0.1, -0.05) is 30.3 Å². The lowest BCUT2D eigenvalue weighted by atomic mass is 10.1. The Labute approximate surface area is 152 Å². The summed E-state index contributed by atoms with van der Waals surface area (Å²) in [5.41, 5.74) is 1.25. The van der Waals surface area contributed by atoms with E-state index in [-0.39, 0.29) is 24.3 Å². The zero-order valence-electron chi connectivity index (χ0n) is 14.4. The molecule has 1 unspecified atom stereocenters. The van der Waals surface area contributed by atoms with Crippen LogP contribution in [0.2, 0.25) is 0 Å². The summed E-state index contributed by atoms with van der Waals surface area (Å²) >= 11 is 1.74. The number of fused-ring (bicyclic) bond motifs is 1. The molecule has 6 nitrogen and oxygen atoms in total. The molecule has 3 rings (SSSR count). The normalized spacial score (nSPS) is 20.7. The summed E-state index contributed by atoms with van der Waals surface area (Å²) in [6.07, 6.45) is 0.461. The smallest absolute Gasteiger partial charge is 0.247 e. The van der Waals surface area contributed by atoms with Crippen LogP contribution in [0.3, 0.4) is 0 Å². The highest BCUT2D eigenvalue weighted by atomic mass is 32.2.